The van der Waals surface area contributed by atoms with E-state index in [-0.39, 0.29) is 18.3 Å². The molecule has 0 saturated carbocycles. The molecule has 0 aliphatic rings. The molecule has 0 radical (unpaired) electrons. The van der Waals surface area contributed by atoms with Gasteiger partial charge in [-0.3, -0.25) is 10.2 Å². The van der Waals surface area contributed by atoms with Gasteiger partial charge in [-0.25, -0.2) is 5.84 Å². The molecule has 0 bridgehead atoms. The van der Waals surface area contributed by atoms with Crippen molar-refractivity contribution < 1.29 is 4.79 Å². The van der Waals surface area contributed by atoms with Gasteiger partial charge in [0.05, 0.1) is 6.04 Å². The lowest BCUT2D eigenvalue weighted by Gasteiger charge is -1.98. The van der Waals surface area contributed by atoms with Crippen LogP contribution in [0.2, 0.25) is 0 Å². The van der Waals surface area contributed by atoms with Crippen molar-refractivity contribution in [3.63, 3.8) is 0 Å². The maximum Gasteiger partial charge on any atom is 0.250 e. The minimum Gasteiger partial charge on any atom is -0.320 e. The molecule has 0 fully saturated rings. The summed E-state index contributed by atoms with van der Waals surface area (Å²) >= 11 is 0. The summed E-state index contributed by atoms with van der Waals surface area (Å²) in [7, 11) is 0. The molecule has 0 aromatic rings. The van der Waals surface area contributed by atoms with E-state index in [0.29, 0.717) is 0 Å². The smallest absolute Gasteiger partial charge is 0.250 e. The van der Waals surface area contributed by atoms with Gasteiger partial charge in [-0.05, 0) is 6.92 Å². The Morgan fingerprint density at radius 2 is 2.12 bits per heavy atom. The van der Waals surface area contributed by atoms with E-state index in [1.807, 2.05) is 5.43 Å². The minimum absolute atomic E-state index is 0. The number of hydrogen-bond acceptors (Lipinski definition) is 3. The number of nitrogens with one attached hydrogen (secondary N) is 1. The van der Waals surface area contributed by atoms with Crippen LogP contribution in [0.3, 0.4) is 0 Å². The summed E-state index contributed by atoms with van der Waals surface area (Å²) in [6.07, 6.45) is 0. The van der Waals surface area contributed by atoms with Crippen LogP contribution in [-0.2, 0) is 4.79 Å². The number of halogens is 1. The average Bonchev–Trinajstić information content (AvgIpc) is 1.65. The summed E-state index contributed by atoms with van der Waals surface area (Å²) in [5, 5.41) is 0. The molecule has 1 atom stereocenters. The molecule has 0 spiro atoms. The largest absolute Gasteiger partial charge is 0.320 e. The van der Waals surface area contributed by atoms with E-state index < -0.39 is 6.04 Å². The maximum atomic E-state index is 10.2. The van der Waals surface area contributed by atoms with E-state index in [1.54, 1.807) is 6.92 Å². The summed E-state index contributed by atoms with van der Waals surface area (Å²) in [5.41, 5.74) is 6.95. The highest BCUT2D eigenvalue weighted by Gasteiger charge is 2.01. The first-order chi connectivity index (χ1) is 3.18. The highest BCUT2D eigenvalue weighted by molar-refractivity contribution is 5.85. The van der Waals surface area contributed by atoms with Crippen molar-refractivity contribution in [3.8, 4) is 0 Å². The van der Waals surface area contributed by atoms with E-state index in [0.717, 1.165) is 0 Å². The molecular weight excluding hydrogens is 130 g/mol. The SMILES string of the molecule is C[C@H](N)C(=O)NN.Cl. The predicted molar refractivity (Wildman–Crippen MR) is 33.2 cm³/mol. The zero-order valence-electron chi connectivity index (χ0n) is 4.55. The lowest BCUT2D eigenvalue weighted by molar-refractivity contribution is -0.122. The standard InChI is InChI=1S/C3H9N3O.ClH/c1-2(4)3(7)6-5;/h2H,4-5H2,1H3,(H,6,7);1H/t2-;/m0./s1. The molecule has 4 nitrogen and oxygen atoms in total. The van der Waals surface area contributed by atoms with Crippen LogP contribution in [-0.4, -0.2) is 11.9 Å². The zero-order valence-corrected chi connectivity index (χ0v) is 5.37. The molecule has 50 valence electrons. The molecule has 0 aliphatic carbocycles. The van der Waals surface area contributed by atoms with Crippen molar-refractivity contribution in [2.24, 2.45) is 11.6 Å². The predicted octanol–water partition coefficient (Wildman–Crippen LogP) is -1.25. The van der Waals surface area contributed by atoms with Crippen molar-refractivity contribution in [1.82, 2.24) is 5.43 Å². The summed E-state index contributed by atoms with van der Waals surface area (Å²) in [5.74, 6) is 4.35. The first-order valence-electron chi connectivity index (χ1n) is 1.94. The minimum atomic E-state index is -0.509. The Balaban J connectivity index is 0. The van der Waals surface area contributed by atoms with Gasteiger partial charge >= 0.3 is 0 Å². The number of rotatable bonds is 1. The Kier molecular flexibility index (Phi) is 6.41. The van der Waals surface area contributed by atoms with Crippen molar-refractivity contribution in [2.75, 3.05) is 0 Å². The van der Waals surface area contributed by atoms with Gasteiger partial charge in [-0.2, -0.15) is 0 Å². The van der Waals surface area contributed by atoms with Crippen molar-refractivity contribution >= 4 is 18.3 Å². The van der Waals surface area contributed by atoms with Gasteiger partial charge in [0, 0.05) is 0 Å². The monoisotopic (exact) mass is 139 g/mol. The lowest BCUT2D eigenvalue weighted by Crippen LogP contribution is -2.41. The Morgan fingerprint density at radius 1 is 1.75 bits per heavy atom. The number of hydrazine groups is 1. The van der Waals surface area contributed by atoms with Crippen LogP contribution >= 0.6 is 12.4 Å². The number of nitrogens with two attached hydrogens (primary N) is 2. The molecule has 0 heterocycles. The van der Waals surface area contributed by atoms with E-state index in [2.05, 4.69) is 0 Å². The summed E-state index contributed by atoms with van der Waals surface area (Å²) in [6, 6.07) is -0.509. The normalized spacial score (nSPS) is 11.4. The van der Waals surface area contributed by atoms with E-state index in [4.69, 9.17) is 11.6 Å². The summed E-state index contributed by atoms with van der Waals surface area (Å²) in [6.45, 7) is 1.56. The molecule has 0 unspecified atom stereocenters. The van der Waals surface area contributed by atoms with Crippen LogP contribution in [0.4, 0.5) is 0 Å². The van der Waals surface area contributed by atoms with Crippen LogP contribution in [0.15, 0.2) is 0 Å². The number of carbonyl (C=O) groups is 1. The van der Waals surface area contributed by atoms with E-state index in [1.165, 1.54) is 0 Å². The van der Waals surface area contributed by atoms with E-state index in [9.17, 15) is 4.79 Å². The van der Waals surface area contributed by atoms with Gasteiger partial charge < -0.3 is 5.73 Å². The summed E-state index contributed by atoms with van der Waals surface area (Å²) in [4.78, 5) is 10.2. The molecule has 0 rings (SSSR count). The first kappa shape index (κ1) is 10.6. The van der Waals surface area contributed by atoms with Gasteiger partial charge in [-0.15, -0.1) is 12.4 Å². The van der Waals surface area contributed by atoms with Crippen molar-refractivity contribution in [3.05, 3.63) is 0 Å². The van der Waals surface area contributed by atoms with Crippen molar-refractivity contribution in [2.45, 2.75) is 13.0 Å². The second kappa shape index (κ2) is 4.83. The van der Waals surface area contributed by atoms with Gasteiger partial charge in [0.1, 0.15) is 0 Å². The fourth-order valence-corrected chi connectivity index (χ4v) is 0.131. The Labute approximate surface area is 54.0 Å². The zero-order chi connectivity index (χ0) is 5.86. The van der Waals surface area contributed by atoms with Crippen LogP contribution in [0.5, 0.6) is 0 Å². The van der Waals surface area contributed by atoms with Crippen molar-refractivity contribution in [1.29, 1.82) is 0 Å². The fourth-order valence-electron chi connectivity index (χ4n) is 0.131. The first-order valence-corrected chi connectivity index (χ1v) is 1.94. The average molecular weight is 140 g/mol. The third-order valence-electron chi connectivity index (χ3n) is 0.556. The Bertz CT molecular complexity index is 74.9. The number of carbonyl (C=O) groups excluding carboxylic acids is 1. The lowest BCUT2D eigenvalue weighted by atomic mass is 10.4. The van der Waals surface area contributed by atoms with Gasteiger partial charge in [-0.1, -0.05) is 0 Å². The molecule has 0 aliphatic heterocycles. The molecule has 0 aromatic heterocycles. The quantitative estimate of drug-likeness (QED) is 0.241. The van der Waals surface area contributed by atoms with Gasteiger partial charge in [0.25, 0.3) is 0 Å². The third kappa shape index (κ3) is 3.86. The van der Waals surface area contributed by atoms with E-state index >= 15 is 0 Å². The number of amides is 1. The molecule has 1 amide bonds. The molecule has 8 heavy (non-hydrogen) atoms. The molecule has 0 aromatic carbocycles. The van der Waals surface area contributed by atoms with Crippen LogP contribution in [0.25, 0.3) is 0 Å². The topological polar surface area (TPSA) is 81.1 Å². The van der Waals surface area contributed by atoms with Crippen LogP contribution in [0, 0.1) is 0 Å². The summed E-state index contributed by atoms with van der Waals surface area (Å²) < 4.78 is 0. The van der Waals surface area contributed by atoms with Crippen LogP contribution < -0.4 is 17.0 Å². The second-order valence-corrected chi connectivity index (χ2v) is 1.30. The highest BCUT2D eigenvalue weighted by Crippen LogP contribution is 1.67. The second-order valence-electron chi connectivity index (χ2n) is 1.30. The van der Waals surface area contributed by atoms with Gasteiger partial charge in [0.15, 0.2) is 0 Å². The van der Waals surface area contributed by atoms with Gasteiger partial charge in [0.2, 0.25) is 5.91 Å². The number of hydrogen-bond donors (Lipinski definition) is 3. The molecule has 0 saturated heterocycles. The molecule has 5 N–H and O–H groups in total. The fraction of sp³-hybridized carbons (Fsp3) is 0.667. The Morgan fingerprint density at radius 3 is 2.12 bits per heavy atom. The van der Waals surface area contributed by atoms with Crippen LogP contribution in [0.1, 0.15) is 6.92 Å². The Hall–Kier alpha value is -0.320. The third-order valence-corrected chi connectivity index (χ3v) is 0.556. The maximum absolute atomic E-state index is 10.2. The highest BCUT2D eigenvalue weighted by atomic mass is 35.5. The molecular formula is C3H10ClN3O. The molecule has 5 heteroatoms.